The Hall–Kier alpha value is -2.67. The summed E-state index contributed by atoms with van der Waals surface area (Å²) < 4.78 is 59.5. The third kappa shape index (κ3) is 7.22. The van der Waals surface area contributed by atoms with E-state index in [-0.39, 0.29) is 26.4 Å². The molecule has 0 saturated carbocycles. The maximum absolute atomic E-state index is 12.7. The van der Waals surface area contributed by atoms with Crippen LogP contribution in [0.4, 0.5) is 11.4 Å². The number of nitrogens with zero attached hydrogens (tertiary/aromatic N) is 1. The summed E-state index contributed by atoms with van der Waals surface area (Å²) in [5.74, 6) is -0.592. The maximum Gasteiger partial charge on any atom is 0.261 e. The lowest BCUT2D eigenvalue weighted by molar-refractivity contribution is 0.0729. The van der Waals surface area contributed by atoms with Gasteiger partial charge in [-0.1, -0.05) is 35.3 Å². The van der Waals surface area contributed by atoms with Gasteiger partial charge in [0, 0.05) is 34.4 Å². The van der Waals surface area contributed by atoms with Gasteiger partial charge in [-0.05, 0) is 60.2 Å². The van der Waals surface area contributed by atoms with Gasteiger partial charge in [-0.3, -0.25) is 9.52 Å². The summed E-state index contributed by atoms with van der Waals surface area (Å²) >= 11 is 11.8. The summed E-state index contributed by atoms with van der Waals surface area (Å²) in [4.78, 5) is 12.6. The summed E-state index contributed by atoms with van der Waals surface area (Å²) in [5.41, 5.74) is 1.49. The van der Waals surface area contributed by atoms with Gasteiger partial charge in [-0.15, -0.1) is 0 Å². The molecule has 3 aromatic rings. The number of hydrogen-bond acceptors (Lipinski definition) is 6. The third-order valence-corrected chi connectivity index (χ3v) is 9.15. The standard InChI is InChI=1S/C24H23Cl2N3O6S2/c25-19-13-20(26)15-22(14-19)28-37(33,34)23-7-5-21(6-8-23)27-24(30)18-3-1-17(2-4-18)16-36(31,32)29-9-11-35-12-10-29/h1-8,13-15,28H,9-12,16H2,(H,27,30). The van der Waals surface area contributed by atoms with Gasteiger partial charge in [0.25, 0.3) is 15.9 Å². The molecule has 0 aliphatic carbocycles. The molecule has 1 aliphatic rings. The second-order valence-corrected chi connectivity index (χ2v) is 12.7. The Morgan fingerprint density at radius 3 is 2.03 bits per heavy atom. The van der Waals surface area contributed by atoms with Gasteiger partial charge in [-0.2, -0.15) is 4.31 Å². The van der Waals surface area contributed by atoms with E-state index in [4.69, 9.17) is 27.9 Å². The first-order valence-electron chi connectivity index (χ1n) is 11.1. The monoisotopic (exact) mass is 583 g/mol. The van der Waals surface area contributed by atoms with Gasteiger partial charge in [-0.25, -0.2) is 16.8 Å². The van der Waals surface area contributed by atoms with Crippen molar-refractivity contribution in [3.63, 3.8) is 0 Å². The first kappa shape index (κ1) is 27.4. The summed E-state index contributed by atoms with van der Waals surface area (Å²) in [6.45, 7) is 1.40. The summed E-state index contributed by atoms with van der Waals surface area (Å²) in [7, 11) is -7.38. The van der Waals surface area contributed by atoms with E-state index in [0.29, 0.717) is 43.1 Å². The van der Waals surface area contributed by atoms with Crippen LogP contribution in [-0.4, -0.2) is 53.4 Å². The predicted octanol–water partition coefficient (Wildman–Crippen LogP) is 4.21. The number of benzene rings is 3. The molecule has 0 spiro atoms. The van der Waals surface area contributed by atoms with Crippen LogP contribution in [0.15, 0.2) is 71.6 Å². The van der Waals surface area contributed by atoms with Gasteiger partial charge in [0.05, 0.1) is 29.5 Å². The van der Waals surface area contributed by atoms with Crippen LogP contribution in [0.3, 0.4) is 0 Å². The van der Waals surface area contributed by atoms with Crippen molar-refractivity contribution >= 4 is 60.5 Å². The van der Waals surface area contributed by atoms with E-state index in [9.17, 15) is 21.6 Å². The molecule has 196 valence electrons. The lowest BCUT2D eigenvalue weighted by Gasteiger charge is -2.26. The Morgan fingerprint density at radius 2 is 1.43 bits per heavy atom. The number of amides is 1. The van der Waals surface area contributed by atoms with Gasteiger partial charge in [0.1, 0.15) is 0 Å². The van der Waals surface area contributed by atoms with Crippen molar-refractivity contribution in [3.05, 3.63) is 87.9 Å². The van der Waals surface area contributed by atoms with Crippen LogP contribution in [0.25, 0.3) is 0 Å². The molecule has 0 radical (unpaired) electrons. The minimum absolute atomic E-state index is 0.0209. The molecular formula is C24H23Cl2N3O6S2. The quantitative estimate of drug-likeness (QED) is 0.409. The molecule has 0 aromatic heterocycles. The number of halogens is 2. The van der Waals surface area contributed by atoms with Crippen LogP contribution in [0.5, 0.6) is 0 Å². The van der Waals surface area contributed by atoms with Crippen molar-refractivity contribution in [3.8, 4) is 0 Å². The lowest BCUT2D eigenvalue weighted by atomic mass is 10.1. The zero-order valence-electron chi connectivity index (χ0n) is 19.4. The van der Waals surface area contributed by atoms with Gasteiger partial charge in [0.15, 0.2) is 0 Å². The predicted molar refractivity (Wildman–Crippen MR) is 143 cm³/mol. The highest BCUT2D eigenvalue weighted by molar-refractivity contribution is 7.92. The highest BCUT2D eigenvalue weighted by Crippen LogP contribution is 2.25. The number of anilines is 2. The number of morpholine rings is 1. The maximum atomic E-state index is 12.7. The van der Waals surface area contributed by atoms with Crippen LogP contribution < -0.4 is 10.0 Å². The molecule has 37 heavy (non-hydrogen) atoms. The molecular weight excluding hydrogens is 561 g/mol. The third-order valence-electron chi connectivity index (χ3n) is 5.47. The Balaban J connectivity index is 1.38. The van der Waals surface area contributed by atoms with Crippen molar-refractivity contribution in [2.45, 2.75) is 10.6 Å². The Labute approximate surface area is 225 Å². The molecule has 3 aromatic carbocycles. The number of carbonyl (C=O) groups excluding carboxylic acids is 1. The fourth-order valence-corrected chi connectivity index (χ4v) is 6.69. The van der Waals surface area contributed by atoms with Gasteiger partial charge in [0.2, 0.25) is 10.0 Å². The summed E-state index contributed by atoms with van der Waals surface area (Å²) in [6, 6.07) is 16.2. The number of sulfonamides is 2. The van der Waals surface area contributed by atoms with E-state index in [2.05, 4.69) is 10.0 Å². The number of rotatable bonds is 8. The highest BCUT2D eigenvalue weighted by Gasteiger charge is 2.24. The van der Waals surface area contributed by atoms with Crippen molar-refractivity contribution in [1.82, 2.24) is 4.31 Å². The molecule has 1 heterocycles. The fraction of sp³-hybridized carbons (Fsp3) is 0.208. The fourth-order valence-electron chi connectivity index (χ4n) is 3.63. The van der Waals surface area contributed by atoms with Gasteiger partial charge < -0.3 is 10.1 Å². The molecule has 0 bridgehead atoms. The SMILES string of the molecule is O=C(Nc1ccc(S(=O)(=O)Nc2cc(Cl)cc(Cl)c2)cc1)c1ccc(CS(=O)(=O)N2CCOCC2)cc1. The zero-order valence-corrected chi connectivity index (χ0v) is 22.5. The van der Waals surface area contributed by atoms with E-state index in [1.807, 2.05) is 0 Å². The average Bonchev–Trinajstić information content (AvgIpc) is 2.84. The van der Waals surface area contributed by atoms with Crippen LogP contribution >= 0.6 is 23.2 Å². The average molecular weight is 585 g/mol. The summed E-state index contributed by atoms with van der Waals surface area (Å²) in [5, 5.41) is 3.27. The van der Waals surface area contributed by atoms with Crippen molar-refractivity contribution in [1.29, 1.82) is 0 Å². The second-order valence-electron chi connectivity index (χ2n) is 8.21. The highest BCUT2D eigenvalue weighted by atomic mass is 35.5. The minimum Gasteiger partial charge on any atom is -0.379 e. The van der Waals surface area contributed by atoms with Crippen LogP contribution in [-0.2, 0) is 30.5 Å². The first-order chi connectivity index (χ1) is 17.5. The molecule has 4 rings (SSSR count). The molecule has 1 aliphatic heterocycles. The van der Waals surface area contributed by atoms with E-state index in [0.717, 1.165) is 0 Å². The molecule has 0 atom stereocenters. The number of ether oxygens (including phenoxy) is 1. The molecule has 9 nitrogen and oxygen atoms in total. The van der Waals surface area contributed by atoms with Gasteiger partial charge >= 0.3 is 0 Å². The Kier molecular flexibility index (Phi) is 8.42. The van der Waals surface area contributed by atoms with Crippen molar-refractivity contribution in [2.75, 3.05) is 36.3 Å². The van der Waals surface area contributed by atoms with Crippen LogP contribution in [0.2, 0.25) is 10.0 Å². The van der Waals surface area contributed by atoms with Crippen LogP contribution in [0.1, 0.15) is 15.9 Å². The van der Waals surface area contributed by atoms with E-state index < -0.39 is 26.0 Å². The molecule has 1 fully saturated rings. The second kappa shape index (κ2) is 11.4. The number of carbonyl (C=O) groups is 1. The molecule has 13 heteroatoms. The number of nitrogens with one attached hydrogen (secondary N) is 2. The van der Waals surface area contributed by atoms with Crippen molar-refractivity contribution < 1.29 is 26.4 Å². The first-order valence-corrected chi connectivity index (χ1v) is 14.9. The number of hydrogen-bond donors (Lipinski definition) is 2. The van der Waals surface area contributed by atoms with E-state index >= 15 is 0 Å². The lowest BCUT2D eigenvalue weighted by Crippen LogP contribution is -2.41. The molecule has 0 unspecified atom stereocenters. The largest absolute Gasteiger partial charge is 0.379 e. The Morgan fingerprint density at radius 1 is 0.838 bits per heavy atom. The summed E-state index contributed by atoms with van der Waals surface area (Å²) in [6.07, 6.45) is 0. The smallest absolute Gasteiger partial charge is 0.261 e. The Bertz CT molecular complexity index is 1470. The van der Waals surface area contributed by atoms with E-state index in [1.54, 1.807) is 24.3 Å². The van der Waals surface area contributed by atoms with E-state index in [1.165, 1.54) is 46.8 Å². The molecule has 1 saturated heterocycles. The molecule has 2 N–H and O–H groups in total. The topological polar surface area (TPSA) is 122 Å². The minimum atomic E-state index is -3.91. The normalized spacial score (nSPS) is 14.8. The van der Waals surface area contributed by atoms with Crippen LogP contribution in [0, 0.1) is 0 Å². The van der Waals surface area contributed by atoms with Crippen molar-refractivity contribution in [2.24, 2.45) is 0 Å². The molecule has 1 amide bonds. The zero-order chi connectivity index (χ0) is 26.6.